The Bertz CT molecular complexity index is 1500. The molecule has 0 aromatic rings. The molecule has 9 unspecified atom stereocenters. The largest absolute Gasteiger partial charge is 0.458 e. The van der Waals surface area contributed by atoms with E-state index in [9.17, 15) is 34.5 Å². The summed E-state index contributed by atoms with van der Waals surface area (Å²) in [6, 6.07) is 0. The highest BCUT2D eigenvalue weighted by Crippen LogP contribution is 2.78. The number of ether oxygens (including phenoxy) is 6. The molecule has 4 bridgehead atoms. The van der Waals surface area contributed by atoms with Crippen molar-refractivity contribution in [3.63, 3.8) is 0 Å². The van der Waals surface area contributed by atoms with Crippen molar-refractivity contribution in [1.82, 2.24) is 0 Å². The summed E-state index contributed by atoms with van der Waals surface area (Å²) >= 11 is 0. The maximum absolute atomic E-state index is 12.4. The minimum absolute atomic E-state index is 0.189. The first-order valence-electron chi connectivity index (χ1n) is 14.9. The van der Waals surface area contributed by atoms with Crippen molar-refractivity contribution in [2.24, 2.45) is 34.5 Å². The van der Waals surface area contributed by atoms with Crippen LogP contribution in [0.2, 0.25) is 0 Å². The Morgan fingerprint density at radius 3 is 1.72 bits per heavy atom. The molecule has 2 spiro atoms. The molecule has 43 heavy (non-hydrogen) atoms. The van der Waals surface area contributed by atoms with Crippen LogP contribution in [-0.2, 0) is 47.6 Å². The molecule has 0 amide bonds. The number of hydrogen-bond donors (Lipinski definition) is 3. The molecule has 13 nitrogen and oxygen atoms in total. The maximum Gasteiger partial charge on any atom is 0.342 e. The Kier molecular flexibility index (Phi) is 4.24. The zero-order valence-corrected chi connectivity index (χ0v) is 24.3. The van der Waals surface area contributed by atoms with Gasteiger partial charge >= 0.3 is 23.9 Å². The zero-order valence-electron chi connectivity index (χ0n) is 24.3. The van der Waals surface area contributed by atoms with Gasteiger partial charge in [0.1, 0.15) is 24.4 Å². The van der Waals surface area contributed by atoms with Gasteiger partial charge in [-0.05, 0) is 34.6 Å². The van der Waals surface area contributed by atoms with Crippen molar-refractivity contribution in [2.45, 2.75) is 112 Å². The van der Waals surface area contributed by atoms with E-state index in [1.807, 2.05) is 6.92 Å². The highest BCUT2D eigenvalue weighted by atomic mass is 16.7. The molecule has 10 rings (SSSR count). The number of carbonyl (C=O) groups is 4. The Morgan fingerprint density at radius 2 is 1.23 bits per heavy atom. The molecular weight excluding hydrogens is 568 g/mol. The van der Waals surface area contributed by atoms with E-state index in [0.29, 0.717) is 0 Å². The molecule has 4 saturated carbocycles. The molecule has 3 N–H and O–H groups in total. The SMILES string of the molecule is C=C(C)C1C2OC(=O)C1[C@]1(O)C[C@@H]3O[C@]34C(=O)OC2[C@]14C.CC(C)(O)C1C2OC(=O)C1[C@]1(O)CC3O[C@]34C(=O)OC2[C@]14C. The first-order chi connectivity index (χ1) is 19.9. The lowest BCUT2D eigenvalue weighted by Crippen LogP contribution is -2.68. The van der Waals surface area contributed by atoms with Gasteiger partial charge in [0.05, 0.1) is 39.5 Å². The Hall–Kier alpha value is -2.58. The lowest BCUT2D eigenvalue weighted by molar-refractivity contribution is -0.223. The number of carbonyl (C=O) groups excluding carboxylic acids is 4. The van der Waals surface area contributed by atoms with Crippen LogP contribution in [0.25, 0.3) is 0 Å². The lowest BCUT2D eigenvalue weighted by atomic mass is 9.52. The number of epoxide rings is 2. The number of aliphatic hydroxyl groups is 3. The van der Waals surface area contributed by atoms with E-state index in [1.165, 1.54) is 0 Å². The molecule has 0 aromatic heterocycles. The van der Waals surface area contributed by atoms with Crippen LogP contribution in [0.3, 0.4) is 0 Å². The smallest absolute Gasteiger partial charge is 0.342 e. The second kappa shape index (κ2) is 6.81. The predicted molar refractivity (Wildman–Crippen MR) is 135 cm³/mol. The number of esters is 4. The fourth-order valence-corrected chi connectivity index (χ4v) is 11.4. The molecule has 0 aromatic carbocycles. The van der Waals surface area contributed by atoms with Crippen LogP contribution in [-0.4, -0.2) is 104 Å². The number of rotatable bonds is 2. The summed E-state index contributed by atoms with van der Waals surface area (Å²) in [6.45, 7) is 12.5. The van der Waals surface area contributed by atoms with Crippen LogP contribution < -0.4 is 0 Å². The molecule has 13 heteroatoms. The highest BCUT2D eigenvalue weighted by molar-refractivity contribution is 5.92. The van der Waals surface area contributed by atoms with Gasteiger partial charge in [0.25, 0.3) is 0 Å². The lowest BCUT2D eigenvalue weighted by Gasteiger charge is -2.53. The average Bonchev–Trinajstić information content (AvgIpc) is 3.58. The first kappa shape index (κ1) is 26.8. The normalized spacial score (nSPS) is 61.3. The van der Waals surface area contributed by atoms with Crippen LogP contribution in [0.15, 0.2) is 12.2 Å². The van der Waals surface area contributed by atoms with E-state index in [1.54, 1.807) is 27.7 Å². The Labute approximate surface area is 245 Å². The quantitative estimate of drug-likeness (QED) is 0.152. The summed E-state index contributed by atoms with van der Waals surface area (Å²) in [5.41, 5.74) is -7.49. The minimum Gasteiger partial charge on any atom is -0.458 e. The Morgan fingerprint density at radius 1 is 0.791 bits per heavy atom. The second-order valence-corrected chi connectivity index (χ2v) is 15.3. The Balaban J connectivity index is 0.000000121. The van der Waals surface area contributed by atoms with Crippen LogP contribution in [0.4, 0.5) is 0 Å². The monoisotopic (exact) mass is 602 g/mol. The van der Waals surface area contributed by atoms with Gasteiger partial charge in [0.2, 0.25) is 11.2 Å². The summed E-state index contributed by atoms with van der Waals surface area (Å²) < 4.78 is 33.2. The van der Waals surface area contributed by atoms with E-state index in [2.05, 4.69) is 6.58 Å². The predicted octanol–water partition coefficient (Wildman–Crippen LogP) is -0.929. The third-order valence-corrected chi connectivity index (χ3v) is 13.4. The van der Waals surface area contributed by atoms with Crippen molar-refractivity contribution in [3.8, 4) is 0 Å². The average molecular weight is 603 g/mol. The number of fused-ring (bicyclic) bond motifs is 8. The summed E-state index contributed by atoms with van der Waals surface area (Å²) in [5, 5.41) is 33.3. The summed E-state index contributed by atoms with van der Waals surface area (Å²) in [4.78, 5) is 49.4. The van der Waals surface area contributed by atoms with Crippen molar-refractivity contribution in [3.05, 3.63) is 12.2 Å². The van der Waals surface area contributed by atoms with Gasteiger partial charge in [-0.2, -0.15) is 0 Å². The maximum atomic E-state index is 12.4. The molecule has 6 heterocycles. The van der Waals surface area contributed by atoms with Gasteiger partial charge < -0.3 is 43.7 Å². The van der Waals surface area contributed by atoms with Crippen LogP contribution in [0, 0.1) is 34.5 Å². The van der Waals surface area contributed by atoms with Gasteiger partial charge in [0.15, 0.2) is 12.2 Å². The molecule has 10 fully saturated rings. The van der Waals surface area contributed by atoms with Crippen molar-refractivity contribution in [2.75, 3.05) is 0 Å². The third-order valence-electron chi connectivity index (χ3n) is 13.4. The molecular formula is C30H34O13. The molecule has 0 radical (unpaired) electrons. The van der Waals surface area contributed by atoms with Gasteiger partial charge in [-0.1, -0.05) is 12.2 Å². The molecule has 6 saturated heterocycles. The summed E-state index contributed by atoms with van der Waals surface area (Å²) in [5.74, 6) is -4.37. The van der Waals surface area contributed by atoms with Crippen molar-refractivity contribution in [1.29, 1.82) is 0 Å². The van der Waals surface area contributed by atoms with Crippen LogP contribution in [0.1, 0.15) is 47.5 Å². The van der Waals surface area contributed by atoms with E-state index in [4.69, 9.17) is 28.4 Å². The third kappa shape index (κ3) is 2.29. The van der Waals surface area contributed by atoms with Crippen LogP contribution >= 0.6 is 0 Å². The molecule has 10 aliphatic rings. The number of hydrogen-bond acceptors (Lipinski definition) is 13. The summed E-state index contributed by atoms with van der Waals surface area (Å²) in [6.07, 6.45) is -3.12. The van der Waals surface area contributed by atoms with Gasteiger partial charge in [-0.15, -0.1) is 0 Å². The fraction of sp³-hybridized carbons (Fsp3) is 0.800. The molecule has 232 valence electrons. The van der Waals surface area contributed by atoms with Crippen molar-refractivity contribution < 1.29 is 62.9 Å². The topological polar surface area (TPSA) is 191 Å². The van der Waals surface area contributed by atoms with Gasteiger partial charge in [-0.25, -0.2) is 9.59 Å². The van der Waals surface area contributed by atoms with E-state index < -0.39 is 111 Å². The highest BCUT2D eigenvalue weighted by Gasteiger charge is 2.97. The van der Waals surface area contributed by atoms with Gasteiger partial charge in [-0.3, -0.25) is 9.59 Å². The van der Waals surface area contributed by atoms with Gasteiger partial charge in [0, 0.05) is 24.7 Å². The molecule has 16 atom stereocenters. The first-order valence-corrected chi connectivity index (χ1v) is 14.9. The minimum atomic E-state index is -1.47. The summed E-state index contributed by atoms with van der Waals surface area (Å²) in [7, 11) is 0. The fourth-order valence-electron chi connectivity index (χ4n) is 11.4. The zero-order chi connectivity index (χ0) is 30.8. The van der Waals surface area contributed by atoms with E-state index >= 15 is 0 Å². The second-order valence-electron chi connectivity index (χ2n) is 15.3. The molecule has 4 aliphatic carbocycles. The van der Waals surface area contributed by atoms with Crippen LogP contribution in [0.5, 0.6) is 0 Å². The van der Waals surface area contributed by atoms with Crippen molar-refractivity contribution >= 4 is 23.9 Å². The van der Waals surface area contributed by atoms with E-state index in [-0.39, 0.29) is 24.9 Å². The standard InChI is InChI=1S/C15H18O7.C15H16O6/c1-12(2,18)6-7-10(16)20-8(6)9-13(3)14(7,19)4-5-15(13,22-5)11(17)21-9;1-5(2)7-8-11(16)19-9(7)10-13(3)14(8,18)4-6-15(13,21-6)12(17)20-10/h5-9,18-19H,4H2,1-3H3;6-10,18H,1,4H2,2-3H3/t5?,6?,7?,8?,9?,13-,14-,15+;6-,7?,8?,9?,10?,13+,14+,15-/m10/s1. The molecule has 6 aliphatic heterocycles. The van der Waals surface area contributed by atoms with E-state index in [0.717, 1.165) is 5.57 Å².